The maximum atomic E-state index is 12.4. The van der Waals surface area contributed by atoms with Gasteiger partial charge in [-0.1, -0.05) is 6.07 Å². The van der Waals surface area contributed by atoms with Crippen molar-refractivity contribution in [2.24, 2.45) is 4.99 Å². The summed E-state index contributed by atoms with van der Waals surface area (Å²) < 4.78 is 47.1. The quantitative estimate of drug-likeness (QED) is 0.291. The monoisotopic (exact) mass is 558 g/mol. The van der Waals surface area contributed by atoms with Gasteiger partial charge < -0.3 is 19.7 Å². The van der Waals surface area contributed by atoms with Crippen LogP contribution in [0.5, 0.6) is 11.5 Å². The van der Waals surface area contributed by atoms with E-state index in [4.69, 9.17) is 9.47 Å². The van der Waals surface area contributed by atoms with Crippen LogP contribution in [0.4, 0.5) is 13.2 Å². The van der Waals surface area contributed by atoms with Crippen LogP contribution in [-0.2, 0) is 13.1 Å². The second-order valence-corrected chi connectivity index (χ2v) is 7.34. The van der Waals surface area contributed by atoms with E-state index in [2.05, 4.69) is 15.3 Å². The molecule has 1 heterocycles. The predicted octanol–water partition coefficient (Wildman–Crippen LogP) is 4.62. The first kappa shape index (κ1) is 26.3. The number of hydrogen-bond acceptors (Lipinski definition) is 5. The standard InChI is InChI=1S/C19H25F3N4O2S.HI/c1-5-23-18(26(3)10-15-11-29-13(2)25-15)24-9-14-6-7-16(17(8-14)27-4)28-12-19(20,21)22;/h6-8,11H,5,9-10,12H2,1-4H3,(H,23,24);1H. The van der Waals surface area contributed by atoms with Gasteiger partial charge in [0.1, 0.15) is 0 Å². The molecule has 0 aliphatic heterocycles. The molecule has 0 saturated heterocycles. The first-order valence-electron chi connectivity index (χ1n) is 8.98. The van der Waals surface area contributed by atoms with Crippen LogP contribution in [0.15, 0.2) is 28.6 Å². The molecule has 0 spiro atoms. The summed E-state index contributed by atoms with van der Waals surface area (Å²) in [6.07, 6.45) is -4.41. The Morgan fingerprint density at radius 1 is 1.30 bits per heavy atom. The molecular formula is C19H26F3IN4O2S. The van der Waals surface area contributed by atoms with E-state index in [1.54, 1.807) is 23.5 Å². The largest absolute Gasteiger partial charge is 0.493 e. The molecule has 1 aromatic carbocycles. The number of ether oxygens (including phenoxy) is 2. The molecule has 2 aromatic rings. The molecule has 0 fully saturated rings. The topological polar surface area (TPSA) is 59.0 Å². The Morgan fingerprint density at radius 2 is 2.03 bits per heavy atom. The lowest BCUT2D eigenvalue weighted by molar-refractivity contribution is -0.153. The number of rotatable bonds is 8. The van der Waals surface area contributed by atoms with Crippen molar-refractivity contribution in [3.63, 3.8) is 0 Å². The van der Waals surface area contributed by atoms with Crippen molar-refractivity contribution >= 4 is 41.3 Å². The summed E-state index contributed by atoms with van der Waals surface area (Å²) in [5.41, 5.74) is 1.75. The molecule has 0 aliphatic rings. The fourth-order valence-electron chi connectivity index (χ4n) is 2.52. The third kappa shape index (κ3) is 8.54. The number of halogens is 4. The van der Waals surface area contributed by atoms with Crippen LogP contribution in [-0.4, -0.2) is 49.3 Å². The van der Waals surface area contributed by atoms with E-state index < -0.39 is 12.8 Å². The fraction of sp³-hybridized carbons (Fsp3) is 0.474. The van der Waals surface area contributed by atoms with Crippen molar-refractivity contribution in [1.29, 1.82) is 0 Å². The van der Waals surface area contributed by atoms with Gasteiger partial charge in [0.2, 0.25) is 0 Å². The number of thiazole rings is 1. The third-order valence-corrected chi connectivity index (χ3v) is 4.62. The van der Waals surface area contributed by atoms with Gasteiger partial charge >= 0.3 is 6.18 Å². The molecule has 2 rings (SSSR count). The molecule has 1 N–H and O–H groups in total. The van der Waals surface area contributed by atoms with Crippen molar-refractivity contribution in [1.82, 2.24) is 15.2 Å². The molecule has 11 heteroatoms. The number of hydrogen-bond donors (Lipinski definition) is 1. The molecule has 0 amide bonds. The Hall–Kier alpha value is -1.76. The molecular weight excluding hydrogens is 532 g/mol. The number of aryl methyl sites for hydroxylation is 1. The van der Waals surface area contributed by atoms with Crippen molar-refractivity contribution < 1.29 is 22.6 Å². The van der Waals surface area contributed by atoms with E-state index in [0.29, 0.717) is 25.6 Å². The van der Waals surface area contributed by atoms with Gasteiger partial charge in [-0.15, -0.1) is 35.3 Å². The van der Waals surface area contributed by atoms with Crippen LogP contribution in [0.2, 0.25) is 0 Å². The zero-order chi connectivity index (χ0) is 21.4. The van der Waals surface area contributed by atoms with Crippen LogP contribution in [0.1, 0.15) is 23.2 Å². The van der Waals surface area contributed by atoms with E-state index in [0.717, 1.165) is 16.3 Å². The molecule has 0 saturated carbocycles. The fourth-order valence-corrected chi connectivity index (χ4v) is 3.13. The maximum absolute atomic E-state index is 12.4. The summed E-state index contributed by atoms with van der Waals surface area (Å²) in [6.45, 7) is 4.22. The summed E-state index contributed by atoms with van der Waals surface area (Å²) in [5.74, 6) is 0.980. The Balaban J connectivity index is 0.00000450. The maximum Gasteiger partial charge on any atom is 0.422 e. The van der Waals surface area contributed by atoms with Gasteiger partial charge in [0.05, 0.1) is 30.9 Å². The van der Waals surface area contributed by atoms with E-state index in [1.807, 2.05) is 31.2 Å². The number of aliphatic imine (C=N–C) groups is 1. The molecule has 0 bridgehead atoms. The highest BCUT2D eigenvalue weighted by Crippen LogP contribution is 2.30. The highest BCUT2D eigenvalue weighted by atomic mass is 127. The molecule has 0 radical (unpaired) electrons. The minimum atomic E-state index is -4.41. The van der Waals surface area contributed by atoms with E-state index in [9.17, 15) is 13.2 Å². The molecule has 0 atom stereocenters. The van der Waals surface area contributed by atoms with E-state index in [-0.39, 0.29) is 35.5 Å². The lowest BCUT2D eigenvalue weighted by atomic mass is 10.2. The van der Waals surface area contributed by atoms with Gasteiger partial charge in [-0.25, -0.2) is 9.98 Å². The summed E-state index contributed by atoms with van der Waals surface area (Å²) in [5, 5.41) is 6.25. The van der Waals surface area contributed by atoms with Crippen LogP contribution < -0.4 is 14.8 Å². The Bertz CT molecular complexity index is 830. The number of nitrogens with one attached hydrogen (secondary N) is 1. The molecule has 30 heavy (non-hydrogen) atoms. The van der Waals surface area contributed by atoms with Gasteiger partial charge in [0, 0.05) is 19.0 Å². The lowest BCUT2D eigenvalue weighted by Crippen LogP contribution is -2.38. The summed E-state index contributed by atoms with van der Waals surface area (Å²) in [6, 6.07) is 4.76. The van der Waals surface area contributed by atoms with Gasteiger partial charge in [-0.3, -0.25) is 0 Å². The predicted molar refractivity (Wildman–Crippen MR) is 123 cm³/mol. The highest BCUT2D eigenvalue weighted by Gasteiger charge is 2.29. The number of benzene rings is 1. The van der Waals surface area contributed by atoms with Gasteiger partial charge in [-0.05, 0) is 31.5 Å². The van der Waals surface area contributed by atoms with Crippen molar-refractivity contribution in [3.05, 3.63) is 39.8 Å². The number of guanidine groups is 1. The summed E-state index contributed by atoms with van der Waals surface area (Å²) in [7, 11) is 3.31. The van der Waals surface area contributed by atoms with Gasteiger partial charge in [0.25, 0.3) is 0 Å². The van der Waals surface area contributed by atoms with Crippen LogP contribution >= 0.6 is 35.3 Å². The zero-order valence-corrected chi connectivity index (χ0v) is 20.4. The third-order valence-electron chi connectivity index (χ3n) is 3.79. The van der Waals surface area contributed by atoms with Crippen molar-refractivity contribution in [2.75, 3.05) is 27.3 Å². The second-order valence-electron chi connectivity index (χ2n) is 6.27. The van der Waals surface area contributed by atoms with Gasteiger partial charge in [-0.2, -0.15) is 13.2 Å². The first-order chi connectivity index (χ1) is 13.7. The minimum absolute atomic E-state index is 0. The van der Waals surface area contributed by atoms with Gasteiger partial charge in [0.15, 0.2) is 24.1 Å². The molecule has 168 valence electrons. The number of nitrogens with zero attached hydrogens (tertiary/aromatic N) is 3. The number of aromatic nitrogens is 1. The number of alkyl halides is 3. The zero-order valence-electron chi connectivity index (χ0n) is 17.2. The van der Waals surface area contributed by atoms with Crippen LogP contribution in [0.25, 0.3) is 0 Å². The normalized spacial score (nSPS) is 11.6. The number of methoxy groups -OCH3 is 1. The van der Waals surface area contributed by atoms with Crippen LogP contribution in [0, 0.1) is 6.92 Å². The van der Waals surface area contributed by atoms with Crippen LogP contribution in [0.3, 0.4) is 0 Å². The SMILES string of the molecule is CCNC(=NCc1ccc(OCC(F)(F)F)c(OC)c1)N(C)Cc1csc(C)n1.I. The molecule has 0 aliphatic carbocycles. The van der Waals surface area contributed by atoms with Crippen molar-refractivity contribution in [2.45, 2.75) is 33.1 Å². The highest BCUT2D eigenvalue weighted by molar-refractivity contribution is 14.0. The van der Waals surface area contributed by atoms with E-state index in [1.165, 1.54) is 13.2 Å². The Kier molecular flexibility index (Phi) is 10.7. The van der Waals surface area contributed by atoms with E-state index >= 15 is 0 Å². The van der Waals surface area contributed by atoms with Crippen molar-refractivity contribution in [3.8, 4) is 11.5 Å². The average Bonchev–Trinajstić information content (AvgIpc) is 3.07. The second kappa shape index (κ2) is 12.2. The lowest BCUT2D eigenvalue weighted by Gasteiger charge is -2.21. The molecule has 1 aromatic heterocycles. The average molecular weight is 558 g/mol. The first-order valence-corrected chi connectivity index (χ1v) is 9.86. The molecule has 0 unspecified atom stereocenters. The summed E-state index contributed by atoms with van der Waals surface area (Å²) >= 11 is 1.60. The Labute approximate surface area is 195 Å². The Morgan fingerprint density at radius 3 is 2.60 bits per heavy atom. The summed E-state index contributed by atoms with van der Waals surface area (Å²) in [4.78, 5) is 11.0. The molecule has 6 nitrogen and oxygen atoms in total. The smallest absolute Gasteiger partial charge is 0.422 e. The minimum Gasteiger partial charge on any atom is -0.493 e.